The zero-order chi connectivity index (χ0) is 16.7. The molecule has 1 amide bonds. The third-order valence-corrected chi connectivity index (χ3v) is 4.67. The molecule has 1 fully saturated rings. The van der Waals surface area contributed by atoms with Crippen LogP contribution in [0.2, 0.25) is 5.02 Å². The molecule has 1 aliphatic rings. The van der Waals surface area contributed by atoms with E-state index in [2.05, 4.69) is 5.32 Å². The summed E-state index contributed by atoms with van der Waals surface area (Å²) in [6, 6.07) is 15.8. The Balaban J connectivity index is 1.94. The Morgan fingerprint density at radius 1 is 1.17 bits per heavy atom. The number of para-hydroxylation sites is 1. The normalized spacial score (nSPS) is 13.9. The molecule has 1 aromatic heterocycles. The number of halogens is 1. The Morgan fingerprint density at radius 3 is 2.71 bits per heavy atom. The van der Waals surface area contributed by atoms with E-state index in [4.69, 9.17) is 16.6 Å². The maximum atomic E-state index is 12.7. The maximum absolute atomic E-state index is 12.7. The molecule has 0 unspecified atom stereocenters. The van der Waals surface area contributed by atoms with Crippen molar-refractivity contribution in [1.82, 2.24) is 10.3 Å². The number of carbonyl (C=O) groups is 1. The quantitative estimate of drug-likeness (QED) is 0.749. The molecule has 0 radical (unpaired) electrons. The van der Waals surface area contributed by atoms with Crippen molar-refractivity contribution in [3.05, 3.63) is 64.7 Å². The molecule has 0 aliphatic heterocycles. The van der Waals surface area contributed by atoms with Crippen LogP contribution in [0, 0.1) is 6.92 Å². The van der Waals surface area contributed by atoms with Crippen LogP contribution in [0.1, 0.15) is 28.8 Å². The highest BCUT2D eigenvalue weighted by Crippen LogP contribution is 2.31. The minimum absolute atomic E-state index is 0.0537. The SMILES string of the molecule is Cc1ccccc1-c1cc(C(=O)NC2CC2)c2cccc(Cl)c2n1. The number of pyridine rings is 1. The zero-order valence-electron chi connectivity index (χ0n) is 13.3. The van der Waals surface area contributed by atoms with Crippen molar-refractivity contribution in [1.29, 1.82) is 0 Å². The molecule has 1 heterocycles. The Labute approximate surface area is 145 Å². The van der Waals surface area contributed by atoms with Crippen LogP contribution >= 0.6 is 11.6 Å². The molecule has 0 atom stereocenters. The van der Waals surface area contributed by atoms with Gasteiger partial charge in [0.15, 0.2) is 0 Å². The molecule has 1 N–H and O–H groups in total. The first kappa shape index (κ1) is 15.2. The lowest BCUT2D eigenvalue weighted by atomic mass is 10.0. The molecule has 24 heavy (non-hydrogen) atoms. The highest BCUT2D eigenvalue weighted by atomic mass is 35.5. The van der Waals surface area contributed by atoms with E-state index in [9.17, 15) is 4.79 Å². The summed E-state index contributed by atoms with van der Waals surface area (Å²) >= 11 is 6.36. The van der Waals surface area contributed by atoms with E-state index < -0.39 is 0 Å². The van der Waals surface area contributed by atoms with E-state index in [1.807, 2.05) is 49.4 Å². The monoisotopic (exact) mass is 336 g/mol. The van der Waals surface area contributed by atoms with Gasteiger partial charge in [0, 0.05) is 17.0 Å². The molecule has 4 rings (SSSR count). The first-order chi connectivity index (χ1) is 11.6. The Hall–Kier alpha value is -2.39. The first-order valence-corrected chi connectivity index (χ1v) is 8.47. The fourth-order valence-corrected chi connectivity index (χ4v) is 3.11. The second kappa shape index (κ2) is 5.91. The van der Waals surface area contributed by atoms with Gasteiger partial charge in [-0.25, -0.2) is 4.98 Å². The molecule has 1 aliphatic carbocycles. The van der Waals surface area contributed by atoms with Crippen LogP contribution in [-0.2, 0) is 0 Å². The molecule has 1 saturated carbocycles. The summed E-state index contributed by atoms with van der Waals surface area (Å²) in [5.74, 6) is -0.0537. The number of fused-ring (bicyclic) bond motifs is 1. The molecule has 3 aromatic rings. The Kier molecular flexibility index (Phi) is 3.73. The van der Waals surface area contributed by atoms with Crippen LogP contribution in [0.15, 0.2) is 48.5 Å². The zero-order valence-corrected chi connectivity index (χ0v) is 14.1. The van der Waals surface area contributed by atoms with Crippen LogP contribution < -0.4 is 5.32 Å². The number of hydrogen-bond donors (Lipinski definition) is 1. The summed E-state index contributed by atoms with van der Waals surface area (Å²) in [5, 5.41) is 4.41. The summed E-state index contributed by atoms with van der Waals surface area (Å²) < 4.78 is 0. The Bertz CT molecular complexity index is 948. The van der Waals surface area contributed by atoms with E-state index >= 15 is 0 Å². The standard InChI is InChI=1S/C20H17ClN2O/c1-12-5-2-3-6-14(12)18-11-16(20(24)22-13-9-10-13)15-7-4-8-17(21)19(15)23-18/h2-8,11,13H,9-10H2,1H3,(H,22,24). The van der Waals surface area contributed by atoms with E-state index in [0.717, 1.165) is 35.0 Å². The lowest BCUT2D eigenvalue weighted by molar-refractivity contribution is 0.0952. The van der Waals surface area contributed by atoms with Crippen molar-refractivity contribution in [2.24, 2.45) is 0 Å². The predicted octanol–water partition coefficient (Wildman–Crippen LogP) is 4.76. The maximum Gasteiger partial charge on any atom is 0.252 e. The number of aryl methyl sites for hydroxylation is 1. The first-order valence-electron chi connectivity index (χ1n) is 8.09. The van der Waals surface area contributed by atoms with Crippen LogP contribution in [0.5, 0.6) is 0 Å². The van der Waals surface area contributed by atoms with Gasteiger partial charge in [-0.05, 0) is 37.5 Å². The number of carbonyl (C=O) groups excluding carboxylic acids is 1. The average molecular weight is 337 g/mol. The van der Waals surface area contributed by atoms with Gasteiger partial charge in [-0.2, -0.15) is 0 Å². The average Bonchev–Trinajstić information content (AvgIpc) is 3.39. The summed E-state index contributed by atoms with van der Waals surface area (Å²) in [4.78, 5) is 17.4. The highest BCUT2D eigenvalue weighted by molar-refractivity contribution is 6.35. The second-order valence-corrected chi connectivity index (χ2v) is 6.66. The van der Waals surface area contributed by atoms with Gasteiger partial charge in [-0.15, -0.1) is 0 Å². The predicted molar refractivity (Wildman–Crippen MR) is 97.4 cm³/mol. The molecule has 3 nitrogen and oxygen atoms in total. The number of amides is 1. The lowest BCUT2D eigenvalue weighted by Gasteiger charge is -2.12. The van der Waals surface area contributed by atoms with Crippen molar-refractivity contribution in [2.75, 3.05) is 0 Å². The molecular formula is C20H17ClN2O. The lowest BCUT2D eigenvalue weighted by Crippen LogP contribution is -2.25. The summed E-state index contributed by atoms with van der Waals surface area (Å²) in [6.07, 6.45) is 2.11. The minimum Gasteiger partial charge on any atom is -0.349 e. The van der Waals surface area contributed by atoms with Gasteiger partial charge in [0.2, 0.25) is 0 Å². The van der Waals surface area contributed by atoms with E-state index in [-0.39, 0.29) is 5.91 Å². The van der Waals surface area contributed by atoms with Crippen molar-refractivity contribution >= 4 is 28.4 Å². The number of nitrogens with zero attached hydrogens (tertiary/aromatic N) is 1. The van der Waals surface area contributed by atoms with Gasteiger partial charge in [0.25, 0.3) is 5.91 Å². The number of hydrogen-bond acceptors (Lipinski definition) is 2. The van der Waals surface area contributed by atoms with Crippen LogP contribution in [-0.4, -0.2) is 16.9 Å². The Morgan fingerprint density at radius 2 is 1.96 bits per heavy atom. The van der Waals surface area contributed by atoms with Crippen molar-refractivity contribution in [3.63, 3.8) is 0 Å². The third-order valence-electron chi connectivity index (χ3n) is 4.37. The minimum atomic E-state index is -0.0537. The van der Waals surface area contributed by atoms with Gasteiger partial charge in [-0.1, -0.05) is 48.0 Å². The number of rotatable bonds is 3. The topological polar surface area (TPSA) is 42.0 Å². The smallest absolute Gasteiger partial charge is 0.252 e. The number of aromatic nitrogens is 1. The van der Waals surface area contributed by atoms with Crippen molar-refractivity contribution in [3.8, 4) is 11.3 Å². The van der Waals surface area contributed by atoms with Crippen molar-refractivity contribution < 1.29 is 4.79 Å². The van der Waals surface area contributed by atoms with Gasteiger partial charge in [0.1, 0.15) is 0 Å². The van der Waals surface area contributed by atoms with Crippen LogP contribution in [0.3, 0.4) is 0 Å². The highest BCUT2D eigenvalue weighted by Gasteiger charge is 2.25. The molecule has 120 valence electrons. The van der Waals surface area contributed by atoms with Crippen LogP contribution in [0.25, 0.3) is 22.2 Å². The third kappa shape index (κ3) is 2.76. The summed E-state index contributed by atoms with van der Waals surface area (Å²) in [7, 11) is 0. The summed E-state index contributed by atoms with van der Waals surface area (Å²) in [5.41, 5.74) is 4.20. The number of benzene rings is 2. The van der Waals surface area contributed by atoms with E-state index in [0.29, 0.717) is 22.1 Å². The number of nitrogens with one attached hydrogen (secondary N) is 1. The second-order valence-electron chi connectivity index (χ2n) is 6.25. The van der Waals surface area contributed by atoms with Gasteiger partial charge in [0.05, 0.1) is 21.8 Å². The molecule has 0 bridgehead atoms. The fraction of sp³-hybridized carbons (Fsp3) is 0.200. The fourth-order valence-electron chi connectivity index (χ4n) is 2.89. The van der Waals surface area contributed by atoms with Gasteiger partial charge >= 0.3 is 0 Å². The summed E-state index contributed by atoms with van der Waals surface area (Å²) in [6.45, 7) is 2.04. The van der Waals surface area contributed by atoms with Gasteiger partial charge in [-0.3, -0.25) is 4.79 Å². The molecule has 4 heteroatoms. The molecule has 0 spiro atoms. The van der Waals surface area contributed by atoms with Crippen LogP contribution in [0.4, 0.5) is 0 Å². The van der Waals surface area contributed by atoms with Gasteiger partial charge < -0.3 is 5.32 Å². The molecule has 2 aromatic carbocycles. The molecular weight excluding hydrogens is 320 g/mol. The van der Waals surface area contributed by atoms with E-state index in [1.165, 1.54) is 0 Å². The largest absolute Gasteiger partial charge is 0.349 e. The van der Waals surface area contributed by atoms with E-state index in [1.54, 1.807) is 6.07 Å². The van der Waals surface area contributed by atoms with Crippen molar-refractivity contribution in [2.45, 2.75) is 25.8 Å². The molecule has 0 saturated heterocycles.